The standard InChI is InChI=1S/C29H33N5O2S/c1-20-18-33(26-19-37-28-15-21(17-30)3-5-25(26)28)12-11-32(20)9-7-27-24-6-4-23(16-22(24)8-14-36-27)34-13-10-31(2)29(34)35/h3-6,15-16,19-20,27H,7-14,18H2,1-2H3/t20-,27+/m1/s1. The van der Waals surface area contributed by atoms with Crippen LogP contribution in [0.3, 0.4) is 0 Å². The molecule has 8 heteroatoms. The summed E-state index contributed by atoms with van der Waals surface area (Å²) in [5.74, 6) is 0. The number of thiophene rings is 1. The molecule has 0 unspecified atom stereocenters. The molecule has 0 bridgehead atoms. The topological polar surface area (TPSA) is 63.1 Å². The molecule has 3 aliphatic heterocycles. The molecule has 7 nitrogen and oxygen atoms in total. The van der Waals surface area contributed by atoms with Gasteiger partial charge in [-0.15, -0.1) is 11.3 Å². The molecule has 3 aliphatic rings. The van der Waals surface area contributed by atoms with E-state index in [1.54, 1.807) is 16.2 Å². The Morgan fingerprint density at radius 1 is 1.14 bits per heavy atom. The van der Waals surface area contributed by atoms with E-state index in [9.17, 15) is 10.1 Å². The molecule has 192 valence electrons. The van der Waals surface area contributed by atoms with E-state index in [0.29, 0.717) is 6.04 Å². The average molecular weight is 516 g/mol. The Kier molecular flexibility index (Phi) is 6.53. The normalized spacial score (nSPS) is 22.5. The minimum absolute atomic E-state index is 0.0825. The van der Waals surface area contributed by atoms with Gasteiger partial charge in [0.1, 0.15) is 0 Å². The van der Waals surface area contributed by atoms with Crippen LogP contribution in [0.5, 0.6) is 0 Å². The number of carbonyl (C=O) groups is 1. The van der Waals surface area contributed by atoms with Gasteiger partial charge in [-0.3, -0.25) is 9.80 Å². The summed E-state index contributed by atoms with van der Waals surface area (Å²) in [6.07, 6.45) is 1.98. The van der Waals surface area contributed by atoms with Crippen LogP contribution >= 0.6 is 11.3 Å². The number of amides is 2. The average Bonchev–Trinajstić information content (AvgIpc) is 3.49. The first kappa shape index (κ1) is 24.2. The number of nitrogens with zero attached hydrogens (tertiary/aromatic N) is 5. The van der Waals surface area contributed by atoms with Crippen LogP contribution in [0.1, 0.15) is 36.1 Å². The quantitative estimate of drug-likeness (QED) is 0.486. The number of anilines is 2. The van der Waals surface area contributed by atoms with E-state index < -0.39 is 0 Å². The Morgan fingerprint density at radius 2 is 2.03 bits per heavy atom. The minimum atomic E-state index is 0.0825. The Labute approximate surface area is 222 Å². The second-order valence-electron chi connectivity index (χ2n) is 10.4. The second kappa shape index (κ2) is 9.97. The maximum Gasteiger partial charge on any atom is 0.324 e. The zero-order valence-electron chi connectivity index (χ0n) is 21.5. The molecule has 6 rings (SSSR count). The molecule has 2 fully saturated rings. The first-order valence-corrected chi connectivity index (χ1v) is 14.1. The van der Waals surface area contributed by atoms with Crippen LogP contribution in [0, 0.1) is 11.3 Å². The van der Waals surface area contributed by atoms with Crippen molar-refractivity contribution in [3.8, 4) is 6.07 Å². The lowest BCUT2D eigenvalue weighted by atomic mass is 9.94. The largest absolute Gasteiger partial charge is 0.373 e. The second-order valence-corrected chi connectivity index (χ2v) is 11.3. The fourth-order valence-electron chi connectivity index (χ4n) is 5.98. The SMILES string of the molecule is C[C@@H]1CN(c2csc3cc(C#N)ccc23)CCN1CC[C@@H]1OCCc2cc(N3CCN(C)C3=O)ccc21. The van der Waals surface area contributed by atoms with Crippen LogP contribution in [-0.4, -0.2) is 74.8 Å². The maximum absolute atomic E-state index is 12.4. The number of benzene rings is 2. The molecule has 2 saturated heterocycles. The summed E-state index contributed by atoms with van der Waals surface area (Å²) < 4.78 is 7.42. The van der Waals surface area contributed by atoms with Gasteiger partial charge in [0.2, 0.25) is 0 Å². The summed E-state index contributed by atoms with van der Waals surface area (Å²) in [6.45, 7) is 8.61. The molecular formula is C29H33N5O2S. The van der Waals surface area contributed by atoms with E-state index in [-0.39, 0.29) is 12.1 Å². The van der Waals surface area contributed by atoms with Crippen LogP contribution in [-0.2, 0) is 11.2 Å². The van der Waals surface area contributed by atoms with Gasteiger partial charge in [-0.05, 0) is 55.2 Å². The Bertz CT molecular complexity index is 1360. The van der Waals surface area contributed by atoms with Gasteiger partial charge in [0.25, 0.3) is 0 Å². The first-order chi connectivity index (χ1) is 18.0. The van der Waals surface area contributed by atoms with E-state index in [4.69, 9.17) is 4.74 Å². The lowest BCUT2D eigenvalue weighted by Gasteiger charge is -2.41. The smallest absolute Gasteiger partial charge is 0.324 e. The van der Waals surface area contributed by atoms with Gasteiger partial charge < -0.3 is 14.5 Å². The lowest BCUT2D eigenvalue weighted by Crippen LogP contribution is -2.52. The lowest BCUT2D eigenvalue weighted by molar-refractivity contribution is 0.0255. The molecule has 2 amide bonds. The number of fused-ring (bicyclic) bond motifs is 2. The van der Waals surface area contributed by atoms with Gasteiger partial charge in [0, 0.05) is 73.5 Å². The molecule has 37 heavy (non-hydrogen) atoms. The van der Waals surface area contributed by atoms with E-state index in [1.807, 2.05) is 24.1 Å². The number of urea groups is 1. The molecule has 1 aromatic heterocycles. The predicted octanol–water partition coefficient (Wildman–Crippen LogP) is 4.86. The van der Waals surface area contributed by atoms with Crippen LogP contribution in [0.4, 0.5) is 16.2 Å². The Balaban J connectivity index is 1.09. The summed E-state index contributed by atoms with van der Waals surface area (Å²) in [6, 6.07) is 15.3. The Morgan fingerprint density at radius 3 is 2.81 bits per heavy atom. The number of carbonyl (C=O) groups excluding carboxylic acids is 1. The van der Waals surface area contributed by atoms with Gasteiger partial charge in [0.15, 0.2) is 0 Å². The molecule has 3 aromatic rings. The third-order valence-corrected chi connectivity index (χ3v) is 9.09. The summed E-state index contributed by atoms with van der Waals surface area (Å²) >= 11 is 1.72. The highest BCUT2D eigenvalue weighted by atomic mass is 32.1. The number of hydrogen-bond donors (Lipinski definition) is 0. The van der Waals surface area contributed by atoms with Crippen molar-refractivity contribution in [2.45, 2.75) is 31.9 Å². The summed E-state index contributed by atoms with van der Waals surface area (Å²) in [7, 11) is 1.86. The van der Waals surface area contributed by atoms with Crippen molar-refractivity contribution in [2.75, 3.05) is 62.7 Å². The molecular weight excluding hydrogens is 482 g/mol. The van der Waals surface area contributed by atoms with E-state index in [0.717, 1.165) is 70.0 Å². The molecule has 0 aliphatic carbocycles. The number of hydrogen-bond acceptors (Lipinski definition) is 6. The molecule has 0 radical (unpaired) electrons. The van der Waals surface area contributed by atoms with Crippen molar-refractivity contribution >= 4 is 38.8 Å². The minimum Gasteiger partial charge on any atom is -0.373 e. The van der Waals surface area contributed by atoms with Crippen molar-refractivity contribution in [2.24, 2.45) is 0 Å². The zero-order valence-corrected chi connectivity index (χ0v) is 22.3. The third-order valence-electron chi connectivity index (χ3n) is 8.16. The van der Waals surface area contributed by atoms with Gasteiger partial charge in [0.05, 0.1) is 30.0 Å². The number of likely N-dealkylation sites (N-methyl/N-ethyl adjacent to an activating group) is 1. The molecule has 2 atom stereocenters. The Hall–Kier alpha value is -3.12. The van der Waals surface area contributed by atoms with Crippen LogP contribution in [0.25, 0.3) is 10.1 Å². The van der Waals surface area contributed by atoms with Gasteiger partial charge in [-0.25, -0.2) is 4.79 Å². The first-order valence-electron chi connectivity index (χ1n) is 13.2. The molecule has 0 saturated carbocycles. The van der Waals surface area contributed by atoms with Crippen molar-refractivity contribution < 1.29 is 9.53 Å². The summed E-state index contributed by atoms with van der Waals surface area (Å²) in [5.41, 5.74) is 5.61. The third kappa shape index (κ3) is 4.56. The maximum atomic E-state index is 12.4. The molecule has 0 spiro atoms. The number of piperazine rings is 1. The molecule has 2 aromatic carbocycles. The van der Waals surface area contributed by atoms with Crippen molar-refractivity contribution in [1.82, 2.24) is 9.80 Å². The predicted molar refractivity (Wildman–Crippen MR) is 149 cm³/mol. The fraction of sp³-hybridized carbons (Fsp3) is 0.448. The van der Waals surface area contributed by atoms with Gasteiger partial charge in [-0.1, -0.05) is 12.1 Å². The number of rotatable bonds is 5. The summed E-state index contributed by atoms with van der Waals surface area (Å²) in [4.78, 5) is 21.2. The van der Waals surface area contributed by atoms with E-state index >= 15 is 0 Å². The van der Waals surface area contributed by atoms with Crippen LogP contribution in [0.2, 0.25) is 0 Å². The van der Waals surface area contributed by atoms with Crippen molar-refractivity contribution in [3.63, 3.8) is 0 Å². The van der Waals surface area contributed by atoms with Crippen molar-refractivity contribution in [3.05, 3.63) is 58.5 Å². The highest BCUT2D eigenvalue weighted by Crippen LogP contribution is 2.36. The fourth-order valence-corrected chi connectivity index (χ4v) is 6.98. The van der Waals surface area contributed by atoms with Gasteiger partial charge in [-0.2, -0.15) is 5.26 Å². The highest BCUT2D eigenvalue weighted by molar-refractivity contribution is 7.17. The highest BCUT2D eigenvalue weighted by Gasteiger charge is 2.30. The molecule has 4 heterocycles. The van der Waals surface area contributed by atoms with Crippen molar-refractivity contribution in [1.29, 1.82) is 5.26 Å². The van der Waals surface area contributed by atoms with E-state index in [1.165, 1.54) is 26.9 Å². The number of ether oxygens (including phenoxy) is 1. The molecule has 0 N–H and O–H groups in total. The van der Waals surface area contributed by atoms with E-state index in [2.05, 4.69) is 52.4 Å². The number of nitriles is 1. The van der Waals surface area contributed by atoms with Crippen LogP contribution in [0.15, 0.2) is 41.8 Å². The monoisotopic (exact) mass is 515 g/mol. The van der Waals surface area contributed by atoms with Gasteiger partial charge >= 0.3 is 6.03 Å². The summed E-state index contributed by atoms with van der Waals surface area (Å²) in [5, 5.41) is 12.7. The zero-order chi connectivity index (χ0) is 25.5. The van der Waals surface area contributed by atoms with Crippen LogP contribution < -0.4 is 9.80 Å².